The molecule has 0 heterocycles. The monoisotopic (exact) mass is 267 g/mol. The van der Waals surface area contributed by atoms with Crippen molar-refractivity contribution in [3.8, 4) is 0 Å². The van der Waals surface area contributed by atoms with E-state index in [1.807, 2.05) is 6.92 Å². The lowest BCUT2D eigenvalue weighted by molar-refractivity contribution is 0.596. The van der Waals surface area contributed by atoms with Crippen LogP contribution in [-0.4, -0.2) is 22.3 Å². The Balaban J connectivity index is 2.41. The maximum Gasteiger partial charge on any atom is 0.0360 e. The first-order chi connectivity index (χ1) is 8.67. The summed E-state index contributed by atoms with van der Waals surface area (Å²) in [6, 6.07) is 9.14. The molecule has 0 fully saturated rings. The first-order valence-corrected chi connectivity index (χ1v) is 8.33. The Labute approximate surface area is 114 Å². The van der Waals surface area contributed by atoms with Gasteiger partial charge in [-0.2, -0.15) is 0 Å². The van der Waals surface area contributed by atoms with Crippen LogP contribution >= 0.6 is 0 Å². The molecule has 0 aliphatic heterocycles. The van der Waals surface area contributed by atoms with Crippen molar-refractivity contribution >= 4 is 10.8 Å². The van der Waals surface area contributed by atoms with Gasteiger partial charge in [0.15, 0.2) is 0 Å². The Morgan fingerprint density at radius 3 is 2.44 bits per heavy atom. The number of nitrogens with one attached hydrogen (secondary N) is 1. The SMILES string of the molecule is CCCc1ccc(C(C)NCCS(=O)CC)cc1. The van der Waals surface area contributed by atoms with Gasteiger partial charge in [0.25, 0.3) is 0 Å². The van der Waals surface area contributed by atoms with Crippen molar-refractivity contribution in [2.45, 2.75) is 39.7 Å². The van der Waals surface area contributed by atoms with Gasteiger partial charge in [0.05, 0.1) is 0 Å². The lowest BCUT2D eigenvalue weighted by atomic mass is 10.0. The number of aryl methyl sites for hydroxylation is 1. The van der Waals surface area contributed by atoms with Crippen LogP contribution in [0.15, 0.2) is 24.3 Å². The third-order valence-electron chi connectivity index (χ3n) is 3.12. The number of rotatable bonds is 8. The van der Waals surface area contributed by atoms with E-state index in [-0.39, 0.29) is 0 Å². The predicted octanol–water partition coefficient (Wildman–Crippen LogP) is 3.06. The Morgan fingerprint density at radius 1 is 1.22 bits per heavy atom. The topological polar surface area (TPSA) is 29.1 Å². The minimum atomic E-state index is -0.669. The van der Waals surface area contributed by atoms with Crippen LogP contribution in [0.5, 0.6) is 0 Å². The van der Waals surface area contributed by atoms with Crippen molar-refractivity contribution in [2.24, 2.45) is 0 Å². The van der Waals surface area contributed by atoms with Gasteiger partial charge in [-0.1, -0.05) is 44.5 Å². The third kappa shape index (κ3) is 5.32. The van der Waals surface area contributed by atoms with Gasteiger partial charge in [0.1, 0.15) is 0 Å². The lowest BCUT2D eigenvalue weighted by Crippen LogP contribution is -2.24. The molecule has 1 rings (SSSR count). The van der Waals surface area contributed by atoms with Crippen molar-refractivity contribution in [2.75, 3.05) is 18.1 Å². The molecule has 1 N–H and O–H groups in total. The van der Waals surface area contributed by atoms with E-state index in [9.17, 15) is 4.21 Å². The molecular formula is C15H25NOS. The molecule has 0 saturated carbocycles. The minimum absolute atomic E-state index is 0.328. The van der Waals surface area contributed by atoms with Crippen molar-refractivity contribution in [1.29, 1.82) is 0 Å². The Kier molecular flexibility index (Phi) is 7.21. The van der Waals surface area contributed by atoms with Gasteiger partial charge in [-0.15, -0.1) is 0 Å². The van der Waals surface area contributed by atoms with E-state index in [4.69, 9.17) is 0 Å². The molecule has 2 nitrogen and oxygen atoms in total. The summed E-state index contributed by atoms with van der Waals surface area (Å²) in [6.45, 7) is 7.14. The third-order valence-corrected chi connectivity index (χ3v) is 4.42. The van der Waals surface area contributed by atoms with E-state index < -0.39 is 10.8 Å². The van der Waals surface area contributed by atoms with E-state index in [2.05, 4.69) is 43.4 Å². The normalized spacial score (nSPS) is 14.4. The molecule has 0 amide bonds. The van der Waals surface area contributed by atoms with Crippen molar-refractivity contribution < 1.29 is 4.21 Å². The van der Waals surface area contributed by atoms with Gasteiger partial charge in [-0.25, -0.2) is 0 Å². The highest BCUT2D eigenvalue weighted by molar-refractivity contribution is 7.84. The largest absolute Gasteiger partial charge is 0.309 e. The van der Waals surface area contributed by atoms with Crippen LogP contribution in [0.2, 0.25) is 0 Å². The fraction of sp³-hybridized carbons (Fsp3) is 0.600. The van der Waals surface area contributed by atoms with Gasteiger partial charge in [-0.05, 0) is 24.5 Å². The second kappa shape index (κ2) is 8.44. The van der Waals surface area contributed by atoms with Gasteiger partial charge >= 0.3 is 0 Å². The van der Waals surface area contributed by atoms with E-state index in [1.54, 1.807) is 0 Å². The predicted molar refractivity (Wildman–Crippen MR) is 80.4 cm³/mol. The standard InChI is InChI=1S/C15H25NOS/c1-4-6-14-7-9-15(10-8-14)13(3)16-11-12-18(17)5-2/h7-10,13,16H,4-6,11-12H2,1-3H3. The summed E-state index contributed by atoms with van der Waals surface area (Å²) in [5, 5.41) is 3.42. The first kappa shape index (κ1) is 15.4. The Bertz CT molecular complexity index is 361. The zero-order valence-corrected chi connectivity index (χ0v) is 12.6. The summed E-state index contributed by atoms with van der Waals surface area (Å²) < 4.78 is 11.3. The molecule has 3 heteroatoms. The number of hydrogen-bond acceptors (Lipinski definition) is 2. The van der Waals surface area contributed by atoms with E-state index in [0.29, 0.717) is 6.04 Å². The summed E-state index contributed by atoms with van der Waals surface area (Å²) in [5.74, 6) is 1.50. The highest BCUT2D eigenvalue weighted by Crippen LogP contribution is 2.14. The van der Waals surface area contributed by atoms with E-state index in [0.717, 1.165) is 24.5 Å². The summed E-state index contributed by atoms with van der Waals surface area (Å²) in [7, 11) is -0.669. The van der Waals surface area contributed by atoms with Crippen LogP contribution < -0.4 is 5.32 Å². The molecule has 0 aliphatic rings. The highest BCUT2D eigenvalue weighted by atomic mass is 32.2. The molecule has 0 aromatic heterocycles. The minimum Gasteiger partial charge on any atom is -0.309 e. The van der Waals surface area contributed by atoms with Gasteiger partial charge in [0.2, 0.25) is 0 Å². The summed E-state index contributed by atoms with van der Waals surface area (Å²) in [5.41, 5.74) is 2.71. The summed E-state index contributed by atoms with van der Waals surface area (Å²) in [4.78, 5) is 0. The van der Waals surface area contributed by atoms with E-state index in [1.165, 1.54) is 17.5 Å². The zero-order valence-electron chi connectivity index (χ0n) is 11.7. The fourth-order valence-electron chi connectivity index (χ4n) is 1.91. The van der Waals surface area contributed by atoms with Gasteiger partial charge in [0, 0.05) is 34.9 Å². The van der Waals surface area contributed by atoms with Crippen LogP contribution in [0.1, 0.15) is 44.4 Å². The molecule has 2 unspecified atom stereocenters. The summed E-state index contributed by atoms with van der Waals surface area (Å²) >= 11 is 0. The molecule has 1 aromatic carbocycles. The second-order valence-electron chi connectivity index (χ2n) is 4.60. The molecule has 0 saturated heterocycles. The average molecular weight is 267 g/mol. The molecule has 1 aromatic rings. The lowest BCUT2D eigenvalue weighted by Gasteiger charge is -2.14. The Hall–Kier alpha value is -0.670. The number of hydrogen-bond donors (Lipinski definition) is 1. The van der Waals surface area contributed by atoms with E-state index >= 15 is 0 Å². The maximum atomic E-state index is 11.3. The van der Waals surface area contributed by atoms with Crippen LogP contribution in [0, 0.1) is 0 Å². The highest BCUT2D eigenvalue weighted by Gasteiger charge is 2.05. The molecule has 2 atom stereocenters. The van der Waals surface area contributed by atoms with Crippen LogP contribution in [-0.2, 0) is 17.2 Å². The molecule has 0 radical (unpaired) electrons. The van der Waals surface area contributed by atoms with Crippen LogP contribution in [0.3, 0.4) is 0 Å². The average Bonchev–Trinajstić information content (AvgIpc) is 2.39. The quantitative estimate of drug-likeness (QED) is 0.784. The van der Waals surface area contributed by atoms with Crippen molar-refractivity contribution in [3.05, 3.63) is 35.4 Å². The first-order valence-electron chi connectivity index (χ1n) is 6.84. The second-order valence-corrected chi connectivity index (χ2v) is 6.47. The number of benzene rings is 1. The molecule has 18 heavy (non-hydrogen) atoms. The van der Waals surface area contributed by atoms with Crippen LogP contribution in [0.4, 0.5) is 0 Å². The molecule has 102 valence electrons. The fourth-order valence-corrected chi connectivity index (χ4v) is 2.55. The smallest absolute Gasteiger partial charge is 0.0360 e. The van der Waals surface area contributed by atoms with Crippen molar-refractivity contribution in [1.82, 2.24) is 5.32 Å². The molecule has 0 aliphatic carbocycles. The summed E-state index contributed by atoms with van der Waals surface area (Å²) in [6.07, 6.45) is 2.34. The Morgan fingerprint density at radius 2 is 1.89 bits per heavy atom. The van der Waals surface area contributed by atoms with Gasteiger partial charge < -0.3 is 5.32 Å². The van der Waals surface area contributed by atoms with Crippen LogP contribution in [0.25, 0.3) is 0 Å². The molecule has 0 spiro atoms. The van der Waals surface area contributed by atoms with Gasteiger partial charge in [-0.3, -0.25) is 4.21 Å². The molecule has 0 bridgehead atoms. The molecular weight excluding hydrogens is 242 g/mol. The van der Waals surface area contributed by atoms with Crippen molar-refractivity contribution in [3.63, 3.8) is 0 Å². The maximum absolute atomic E-state index is 11.3. The zero-order chi connectivity index (χ0) is 13.4.